The second kappa shape index (κ2) is 14.4. The lowest BCUT2D eigenvalue weighted by atomic mass is 9.87. The SMILES string of the molecule is CCCCCCCCC(CCCCCC)CC(C)C(=O)O. The monoisotopic (exact) mass is 298 g/mol. The highest BCUT2D eigenvalue weighted by molar-refractivity contribution is 5.69. The predicted octanol–water partition coefficient (Wildman–Crippen LogP) is 6.43. The van der Waals surface area contributed by atoms with Crippen molar-refractivity contribution in [3.63, 3.8) is 0 Å². The van der Waals surface area contributed by atoms with Crippen LogP contribution < -0.4 is 0 Å². The molecule has 2 nitrogen and oxygen atoms in total. The van der Waals surface area contributed by atoms with Gasteiger partial charge in [0.1, 0.15) is 0 Å². The predicted molar refractivity (Wildman–Crippen MR) is 91.7 cm³/mol. The number of hydrogen-bond acceptors (Lipinski definition) is 1. The summed E-state index contributed by atoms with van der Waals surface area (Å²) >= 11 is 0. The molecule has 0 aromatic heterocycles. The molecule has 0 rings (SSSR count). The highest BCUT2D eigenvalue weighted by Crippen LogP contribution is 2.25. The maximum absolute atomic E-state index is 11.1. The number of rotatable bonds is 15. The van der Waals surface area contributed by atoms with Crippen molar-refractivity contribution in [3.05, 3.63) is 0 Å². The van der Waals surface area contributed by atoms with E-state index >= 15 is 0 Å². The van der Waals surface area contributed by atoms with Crippen LogP contribution in [0.3, 0.4) is 0 Å². The van der Waals surface area contributed by atoms with E-state index in [1.807, 2.05) is 6.92 Å². The third kappa shape index (κ3) is 12.9. The van der Waals surface area contributed by atoms with Gasteiger partial charge in [-0.25, -0.2) is 0 Å². The molecule has 0 aliphatic carbocycles. The molecule has 0 aromatic carbocycles. The molecular weight excluding hydrogens is 260 g/mol. The Morgan fingerprint density at radius 2 is 1.24 bits per heavy atom. The van der Waals surface area contributed by atoms with Crippen molar-refractivity contribution in [2.45, 2.75) is 104 Å². The van der Waals surface area contributed by atoms with Crippen LogP contribution in [0.4, 0.5) is 0 Å². The Kier molecular flexibility index (Phi) is 14.0. The molecule has 126 valence electrons. The average molecular weight is 299 g/mol. The smallest absolute Gasteiger partial charge is 0.306 e. The van der Waals surface area contributed by atoms with Crippen LogP contribution in [0, 0.1) is 11.8 Å². The largest absolute Gasteiger partial charge is 0.481 e. The van der Waals surface area contributed by atoms with Gasteiger partial charge in [-0.15, -0.1) is 0 Å². The van der Waals surface area contributed by atoms with Crippen LogP contribution in [0.1, 0.15) is 104 Å². The Hall–Kier alpha value is -0.530. The Bertz CT molecular complexity index is 238. The van der Waals surface area contributed by atoms with Gasteiger partial charge in [0.2, 0.25) is 0 Å². The van der Waals surface area contributed by atoms with E-state index in [4.69, 9.17) is 5.11 Å². The number of aliphatic carboxylic acids is 1. The van der Waals surface area contributed by atoms with E-state index in [2.05, 4.69) is 13.8 Å². The lowest BCUT2D eigenvalue weighted by molar-refractivity contribution is -0.141. The summed E-state index contributed by atoms with van der Waals surface area (Å²) in [7, 11) is 0. The van der Waals surface area contributed by atoms with Crippen molar-refractivity contribution in [1.82, 2.24) is 0 Å². The van der Waals surface area contributed by atoms with Gasteiger partial charge in [0.05, 0.1) is 5.92 Å². The molecule has 2 unspecified atom stereocenters. The van der Waals surface area contributed by atoms with Gasteiger partial charge in [-0.3, -0.25) is 4.79 Å². The molecular formula is C19H38O2. The Labute approximate surface area is 132 Å². The molecule has 1 N–H and O–H groups in total. The van der Waals surface area contributed by atoms with Gasteiger partial charge in [0.15, 0.2) is 0 Å². The van der Waals surface area contributed by atoms with E-state index < -0.39 is 5.97 Å². The summed E-state index contributed by atoms with van der Waals surface area (Å²) < 4.78 is 0. The number of carbonyl (C=O) groups is 1. The molecule has 0 amide bonds. The average Bonchev–Trinajstić information content (AvgIpc) is 2.46. The molecule has 2 heteroatoms. The minimum atomic E-state index is -0.628. The van der Waals surface area contributed by atoms with Gasteiger partial charge >= 0.3 is 5.97 Å². The van der Waals surface area contributed by atoms with E-state index in [0.29, 0.717) is 5.92 Å². The zero-order valence-electron chi connectivity index (χ0n) is 14.7. The maximum atomic E-state index is 11.1. The minimum Gasteiger partial charge on any atom is -0.481 e. The number of carboxylic acids is 1. The fourth-order valence-corrected chi connectivity index (χ4v) is 3.05. The summed E-state index contributed by atoms with van der Waals surface area (Å²) in [5, 5.41) is 9.11. The van der Waals surface area contributed by atoms with Gasteiger partial charge in [-0.05, 0) is 12.3 Å². The standard InChI is InChI=1S/C19H38O2/c1-4-6-8-10-11-13-15-18(14-12-9-7-5-2)16-17(3)19(20)21/h17-18H,4-16H2,1-3H3,(H,20,21). The van der Waals surface area contributed by atoms with Gasteiger partial charge in [0.25, 0.3) is 0 Å². The van der Waals surface area contributed by atoms with Crippen LogP contribution in [0.5, 0.6) is 0 Å². The summed E-state index contributed by atoms with van der Waals surface area (Å²) in [6, 6.07) is 0. The van der Waals surface area contributed by atoms with Gasteiger partial charge in [0, 0.05) is 0 Å². The first kappa shape index (κ1) is 20.5. The van der Waals surface area contributed by atoms with Crippen LogP contribution in [0.25, 0.3) is 0 Å². The fraction of sp³-hybridized carbons (Fsp3) is 0.947. The quantitative estimate of drug-likeness (QED) is 0.353. The minimum absolute atomic E-state index is 0.179. The molecule has 0 aliphatic heterocycles. The summed E-state index contributed by atoms with van der Waals surface area (Å²) in [4.78, 5) is 11.1. The Morgan fingerprint density at radius 3 is 1.71 bits per heavy atom. The van der Waals surface area contributed by atoms with Gasteiger partial charge in [-0.1, -0.05) is 97.8 Å². The zero-order valence-corrected chi connectivity index (χ0v) is 14.7. The lowest BCUT2D eigenvalue weighted by Gasteiger charge is -2.19. The van der Waals surface area contributed by atoms with E-state index in [0.717, 1.165) is 6.42 Å². The molecule has 21 heavy (non-hydrogen) atoms. The van der Waals surface area contributed by atoms with Crippen molar-refractivity contribution in [2.24, 2.45) is 11.8 Å². The van der Waals surface area contributed by atoms with E-state index in [1.54, 1.807) is 0 Å². The van der Waals surface area contributed by atoms with E-state index in [9.17, 15) is 4.79 Å². The molecule has 0 aliphatic rings. The molecule has 0 saturated heterocycles. The van der Waals surface area contributed by atoms with Crippen LogP contribution >= 0.6 is 0 Å². The number of carboxylic acid groups (broad SMARTS) is 1. The van der Waals surface area contributed by atoms with Crippen LogP contribution in [-0.4, -0.2) is 11.1 Å². The molecule has 0 spiro atoms. The summed E-state index contributed by atoms with van der Waals surface area (Å²) in [5.74, 6) is -0.183. The number of unbranched alkanes of at least 4 members (excludes halogenated alkanes) is 8. The van der Waals surface area contributed by atoms with Crippen molar-refractivity contribution < 1.29 is 9.90 Å². The molecule has 0 bridgehead atoms. The van der Waals surface area contributed by atoms with Crippen LogP contribution in [0.2, 0.25) is 0 Å². The van der Waals surface area contributed by atoms with Gasteiger partial charge in [-0.2, -0.15) is 0 Å². The maximum Gasteiger partial charge on any atom is 0.306 e. The van der Waals surface area contributed by atoms with Gasteiger partial charge < -0.3 is 5.11 Å². The molecule has 0 aromatic rings. The molecule has 0 saturated carbocycles. The van der Waals surface area contributed by atoms with Crippen LogP contribution in [-0.2, 0) is 4.79 Å². The van der Waals surface area contributed by atoms with Crippen molar-refractivity contribution in [3.8, 4) is 0 Å². The Morgan fingerprint density at radius 1 is 0.810 bits per heavy atom. The summed E-state index contributed by atoms with van der Waals surface area (Å²) in [6.45, 7) is 6.35. The zero-order chi connectivity index (χ0) is 15.9. The third-order valence-electron chi connectivity index (χ3n) is 4.54. The second-order valence-electron chi connectivity index (χ2n) is 6.75. The first-order chi connectivity index (χ1) is 10.1. The van der Waals surface area contributed by atoms with Crippen molar-refractivity contribution in [2.75, 3.05) is 0 Å². The lowest BCUT2D eigenvalue weighted by Crippen LogP contribution is -2.15. The molecule has 0 heterocycles. The summed E-state index contributed by atoms with van der Waals surface area (Å²) in [5.41, 5.74) is 0. The molecule has 0 radical (unpaired) electrons. The topological polar surface area (TPSA) is 37.3 Å². The van der Waals surface area contributed by atoms with Crippen LogP contribution in [0.15, 0.2) is 0 Å². The highest BCUT2D eigenvalue weighted by Gasteiger charge is 2.17. The molecule has 0 fully saturated rings. The summed E-state index contributed by atoms with van der Waals surface area (Å²) in [6.07, 6.45) is 16.5. The van der Waals surface area contributed by atoms with E-state index in [1.165, 1.54) is 77.0 Å². The highest BCUT2D eigenvalue weighted by atomic mass is 16.4. The van der Waals surface area contributed by atoms with E-state index in [-0.39, 0.29) is 5.92 Å². The first-order valence-corrected chi connectivity index (χ1v) is 9.34. The first-order valence-electron chi connectivity index (χ1n) is 9.34. The number of hydrogen-bond donors (Lipinski definition) is 1. The normalized spacial score (nSPS) is 14.0. The fourth-order valence-electron chi connectivity index (χ4n) is 3.05. The molecule has 2 atom stereocenters. The third-order valence-corrected chi connectivity index (χ3v) is 4.54. The second-order valence-corrected chi connectivity index (χ2v) is 6.75. The van der Waals surface area contributed by atoms with Crippen molar-refractivity contribution >= 4 is 5.97 Å². The Balaban J connectivity index is 3.91. The van der Waals surface area contributed by atoms with Crippen molar-refractivity contribution in [1.29, 1.82) is 0 Å².